The van der Waals surface area contributed by atoms with Crippen molar-refractivity contribution >= 4 is 33.4 Å². The van der Waals surface area contributed by atoms with Gasteiger partial charge in [0.2, 0.25) is 5.91 Å². The van der Waals surface area contributed by atoms with Crippen LogP contribution in [0.15, 0.2) is 18.2 Å². The molecule has 124 valence electrons. The second kappa shape index (κ2) is 7.77. The summed E-state index contributed by atoms with van der Waals surface area (Å²) in [6.07, 6.45) is 0. The molecule has 0 radical (unpaired) electrons. The number of benzene rings is 1. The maximum absolute atomic E-state index is 11.8. The van der Waals surface area contributed by atoms with Crippen LogP contribution < -0.4 is 14.4 Å². The number of amides is 1. The molecule has 9 heteroatoms. The number of carbonyl (C=O) groups is 1. The Bertz CT molecular complexity index is 634. The molecule has 1 rings (SSSR count). The number of halogens is 1. The summed E-state index contributed by atoms with van der Waals surface area (Å²) in [5.74, 6) is 0.285. The summed E-state index contributed by atoms with van der Waals surface area (Å²) in [5.41, 5.74) is 0.572. The number of nitrogens with zero attached hydrogens (tertiary/aromatic N) is 2. The van der Waals surface area contributed by atoms with Crippen molar-refractivity contribution in [2.24, 2.45) is 0 Å². The molecule has 0 spiro atoms. The van der Waals surface area contributed by atoms with Gasteiger partial charge in [-0.2, -0.15) is 12.7 Å². The van der Waals surface area contributed by atoms with Crippen molar-refractivity contribution in [3.8, 4) is 5.75 Å². The normalized spacial score (nSPS) is 11.5. The third-order valence-corrected chi connectivity index (χ3v) is 4.75. The third-order valence-electron chi connectivity index (χ3n) is 2.93. The first-order valence-corrected chi connectivity index (χ1v) is 8.29. The lowest BCUT2D eigenvalue weighted by molar-refractivity contribution is -0.116. The lowest BCUT2D eigenvalue weighted by Gasteiger charge is -2.22. The van der Waals surface area contributed by atoms with Crippen LogP contribution in [0.2, 0.25) is 5.02 Å². The summed E-state index contributed by atoms with van der Waals surface area (Å²) < 4.78 is 31.8. The van der Waals surface area contributed by atoms with Gasteiger partial charge in [-0.25, -0.2) is 4.72 Å². The Hall–Kier alpha value is -1.35. The van der Waals surface area contributed by atoms with Crippen molar-refractivity contribution in [1.29, 1.82) is 0 Å². The smallest absolute Gasteiger partial charge is 0.278 e. The van der Waals surface area contributed by atoms with Gasteiger partial charge in [0.05, 0.1) is 12.1 Å². The van der Waals surface area contributed by atoms with E-state index < -0.39 is 10.2 Å². The number of nitrogens with one attached hydrogen (secondary N) is 1. The summed E-state index contributed by atoms with van der Waals surface area (Å²) in [4.78, 5) is 13.2. The van der Waals surface area contributed by atoms with Crippen LogP contribution in [0.4, 0.5) is 5.69 Å². The molecule has 0 aliphatic rings. The quantitative estimate of drug-likeness (QED) is 0.799. The molecule has 0 bridgehead atoms. The SMILES string of the molecule is COc1ccc(N(CCNS(=O)(=O)N(C)C)C(C)=O)cc1Cl. The van der Waals surface area contributed by atoms with Crippen LogP contribution in [0.3, 0.4) is 0 Å². The van der Waals surface area contributed by atoms with Gasteiger partial charge in [0, 0.05) is 39.8 Å². The van der Waals surface area contributed by atoms with Gasteiger partial charge in [-0.05, 0) is 18.2 Å². The highest BCUT2D eigenvalue weighted by Crippen LogP contribution is 2.29. The van der Waals surface area contributed by atoms with E-state index in [4.69, 9.17) is 16.3 Å². The Labute approximate surface area is 136 Å². The Morgan fingerprint density at radius 3 is 2.45 bits per heavy atom. The number of hydrogen-bond donors (Lipinski definition) is 1. The van der Waals surface area contributed by atoms with Gasteiger partial charge in [0.25, 0.3) is 10.2 Å². The topological polar surface area (TPSA) is 79.0 Å². The first kappa shape index (κ1) is 18.7. The number of rotatable bonds is 7. The van der Waals surface area contributed by atoms with Gasteiger partial charge in [-0.3, -0.25) is 4.79 Å². The lowest BCUT2D eigenvalue weighted by atomic mass is 10.2. The van der Waals surface area contributed by atoms with Gasteiger partial charge < -0.3 is 9.64 Å². The molecular formula is C13H20ClN3O4S. The van der Waals surface area contributed by atoms with Gasteiger partial charge in [0.1, 0.15) is 5.75 Å². The second-order valence-electron chi connectivity index (χ2n) is 4.67. The minimum absolute atomic E-state index is 0.0870. The molecule has 0 aliphatic heterocycles. The fourth-order valence-corrected chi connectivity index (χ4v) is 2.57. The van der Waals surface area contributed by atoms with Crippen molar-refractivity contribution in [2.75, 3.05) is 39.2 Å². The molecule has 1 N–H and O–H groups in total. The number of methoxy groups -OCH3 is 1. The minimum atomic E-state index is -3.52. The van der Waals surface area contributed by atoms with E-state index in [1.54, 1.807) is 18.2 Å². The van der Waals surface area contributed by atoms with Crippen LogP contribution >= 0.6 is 11.6 Å². The van der Waals surface area contributed by atoms with Crippen LogP contribution in [-0.2, 0) is 15.0 Å². The van der Waals surface area contributed by atoms with Crippen LogP contribution in [0, 0.1) is 0 Å². The van der Waals surface area contributed by atoms with E-state index >= 15 is 0 Å². The summed E-state index contributed by atoms with van der Waals surface area (Å²) in [6.45, 7) is 1.67. The van der Waals surface area contributed by atoms with Crippen LogP contribution in [-0.4, -0.2) is 52.9 Å². The molecule has 0 atom stereocenters. The first-order valence-electron chi connectivity index (χ1n) is 6.47. The van der Waals surface area contributed by atoms with E-state index in [0.717, 1.165) is 4.31 Å². The van der Waals surface area contributed by atoms with Crippen molar-refractivity contribution in [1.82, 2.24) is 9.03 Å². The summed E-state index contributed by atoms with van der Waals surface area (Å²) in [5, 5.41) is 0.375. The standard InChI is InChI=1S/C13H20ClN3O4S/c1-10(18)17(8-7-15-22(19,20)16(2)3)11-5-6-13(21-4)12(14)9-11/h5-6,9,15H,7-8H2,1-4H3. The van der Waals surface area contributed by atoms with E-state index in [9.17, 15) is 13.2 Å². The van der Waals surface area contributed by atoms with Crippen LogP contribution in [0.1, 0.15) is 6.92 Å². The average molecular weight is 350 g/mol. The van der Waals surface area contributed by atoms with Crippen LogP contribution in [0.5, 0.6) is 5.75 Å². The van der Waals surface area contributed by atoms with E-state index in [0.29, 0.717) is 16.5 Å². The molecule has 1 aromatic carbocycles. The molecule has 0 saturated carbocycles. The Kier molecular flexibility index (Phi) is 6.61. The van der Waals surface area contributed by atoms with Crippen molar-refractivity contribution in [3.05, 3.63) is 23.2 Å². The fourth-order valence-electron chi connectivity index (χ4n) is 1.71. The Balaban J connectivity index is 2.83. The maximum Gasteiger partial charge on any atom is 0.278 e. The number of carbonyl (C=O) groups excluding carboxylic acids is 1. The van der Waals surface area contributed by atoms with Crippen molar-refractivity contribution in [2.45, 2.75) is 6.92 Å². The van der Waals surface area contributed by atoms with Crippen LogP contribution in [0.25, 0.3) is 0 Å². The minimum Gasteiger partial charge on any atom is -0.495 e. The Morgan fingerprint density at radius 2 is 2.00 bits per heavy atom. The Morgan fingerprint density at radius 1 is 1.36 bits per heavy atom. The summed E-state index contributed by atoms with van der Waals surface area (Å²) >= 11 is 6.05. The molecule has 7 nitrogen and oxygen atoms in total. The van der Waals surface area contributed by atoms with Gasteiger partial charge in [-0.15, -0.1) is 0 Å². The zero-order valence-corrected chi connectivity index (χ0v) is 14.5. The van der Waals surface area contributed by atoms with Crippen molar-refractivity contribution in [3.63, 3.8) is 0 Å². The van der Waals surface area contributed by atoms with Gasteiger partial charge in [0.15, 0.2) is 0 Å². The van der Waals surface area contributed by atoms with E-state index in [1.807, 2.05) is 0 Å². The molecule has 0 heterocycles. The largest absolute Gasteiger partial charge is 0.495 e. The maximum atomic E-state index is 11.8. The summed E-state index contributed by atoms with van der Waals surface area (Å²) in [7, 11) is 0.828. The number of ether oxygens (including phenoxy) is 1. The number of anilines is 1. The molecule has 0 fully saturated rings. The second-order valence-corrected chi connectivity index (χ2v) is 7.05. The molecular weight excluding hydrogens is 330 g/mol. The molecule has 1 aromatic rings. The van der Waals surface area contributed by atoms with E-state index in [-0.39, 0.29) is 19.0 Å². The first-order chi connectivity index (χ1) is 10.2. The van der Waals surface area contributed by atoms with Gasteiger partial charge >= 0.3 is 0 Å². The molecule has 0 unspecified atom stereocenters. The monoisotopic (exact) mass is 349 g/mol. The molecule has 0 aromatic heterocycles. The molecule has 22 heavy (non-hydrogen) atoms. The predicted molar refractivity (Wildman–Crippen MR) is 86.6 cm³/mol. The van der Waals surface area contributed by atoms with E-state index in [1.165, 1.54) is 33.0 Å². The highest BCUT2D eigenvalue weighted by Gasteiger charge is 2.16. The zero-order valence-electron chi connectivity index (χ0n) is 13.0. The predicted octanol–water partition coefficient (Wildman–Crippen LogP) is 1.10. The van der Waals surface area contributed by atoms with Gasteiger partial charge in [-0.1, -0.05) is 11.6 Å². The zero-order chi connectivity index (χ0) is 16.9. The highest BCUT2D eigenvalue weighted by molar-refractivity contribution is 7.87. The average Bonchev–Trinajstić information content (AvgIpc) is 2.42. The fraction of sp³-hybridized carbons (Fsp3) is 0.462. The van der Waals surface area contributed by atoms with E-state index in [2.05, 4.69) is 4.72 Å². The molecule has 0 saturated heterocycles. The number of hydrogen-bond acceptors (Lipinski definition) is 4. The van der Waals surface area contributed by atoms with Crippen molar-refractivity contribution < 1.29 is 17.9 Å². The molecule has 1 amide bonds. The third kappa shape index (κ3) is 4.84. The highest BCUT2D eigenvalue weighted by atomic mass is 35.5. The summed E-state index contributed by atoms with van der Waals surface area (Å²) in [6, 6.07) is 4.94. The molecule has 0 aliphatic carbocycles. The lowest BCUT2D eigenvalue weighted by Crippen LogP contribution is -2.41.